The molecule has 1 aromatic heterocycles. The van der Waals surface area contributed by atoms with Crippen LogP contribution in [0.1, 0.15) is 17.0 Å². The summed E-state index contributed by atoms with van der Waals surface area (Å²) in [7, 11) is 1.73. The summed E-state index contributed by atoms with van der Waals surface area (Å²) in [6, 6.07) is 12.1. The van der Waals surface area contributed by atoms with Crippen LogP contribution in [-0.4, -0.2) is 23.5 Å². The zero-order valence-electron chi connectivity index (χ0n) is 14.2. The number of hydrogen-bond acceptors (Lipinski definition) is 4. The third kappa shape index (κ3) is 3.66. The van der Waals surface area contributed by atoms with Crippen LogP contribution in [-0.2, 0) is 11.3 Å². The van der Waals surface area contributed by atoms with E-state index < -0.39 is 0 Å². The lowest BCUT2D eigenvalue weighted by molar-refractivity contribution is 0.186. The zero-order chi connectivity index (χ0) is 16.9. The van der Waals surface area contributed by atoms with Crippen LogP contribution < -0.4 is 10.9 Å². The van der Waals surface area contributed by atoms with E-state index in [0.29, 0.717) is 6.61 Å². The van der Waals surface area contributed by atoms with Gasteiger partial charge in [0.15, 0.2) is 5.17 Å². The second-order valence-corrected chi connectivity index (χ2v) is 6.44. The summed E-state index contributed by atoms with van der Waals surface area (Å²) in [5.41, 5.74) is 12.1. The second kappa shape index (κ2) is 7.59. The van der Waals surface area contributed by atoms with Gasteiger partial charge in [-0.05, 0) is 32.0 Å². The molecule has 1 aliphatic heterocycles. The Hall–Kier alpha value is -2.18. The quantitative estimate of drug-likeness (QED) is 0.872. The van der Waals surface area contributed by atoms with Crippen LogP contribution in [0.15, 0.2) is 46.8 Å². The molecule has 1 aromatic carbocycles. The van der Waals surface area contributed by atoms with Crippen molar-refractivity contribution in [1.82, 2.24) is 15.4 Å². The predicted molar refractivity (Wildman–Crippen MR) is 101 cm³/mol. The van der Waals surface area contributed by atoms with Crippen molar-refractivity contribution in [1.29, 1.82) is 0 Å². The number of thioether (sulfide) groups is 1. The molecule has 2 aromatic rings. The Bertz CT molecular complexity index is 765. The van der Waals surface area contributed by atoms with Crippen LogP contribution in [0.5, 0.6) is 0 Å². The van der Waals surface area contributed by atoms with Crippen LogP contribution in [0.3, 0.4) is 0 Å². The highest BCUT2D eigenvalue weighted by Crippen LogP contribution is 2.26. The van der Waals surface area contributed by atoms with Crippen molar-refractivity contribution < 1.29 is 4.74 Å². The predicted octanol–water partition coefficient (Wildman–Crippen LogP) is 3.58. The van der Waals surface area contributed by atoms with Gasteiger partial charge < -0.3 is 9.30 Å². The number of hydrogen-bond donors (Lipinski definition) is 2. The molecule has 0 saturated carbocycles. The van der Waals surface area contributed by atoms with Crippen LogP contribution in [0.2, 0.25) is 0 Å². The van der Waals surface area contributed by atoms with Gasteiger partial charge in [0.25, 0.3) is 0 Å². The van der Waals surface area contributed by atoms with E-state index in [-0.39, 0.29) is 0 Å². The van der Waals surface area contributed by atoms with E-state index in [1.54, 1.807) is 18.9 Å². The molecule has 0 unspecified atom stereocenters. The van der Waals surface area contributed by atoms with E-state index in [1.165, 1.54) is 17.0 Å². The number of rotatable bonds is 5. The molecule has 1 aliphatic rings. The summed E-state index contributed by atoms with van der Waals surface area (Å²) in [6.45, 7) is 5.84. The smallest absolute Gasteiger partial charge is 0.184 e. The van der Waals surface area contributed by atoms with E-state index in [0.717, 1.165) is 23.1 Å². The number of hydrazine groups is 1. The maximum atomic E-state index is 5.20. The van der Waals surface area contributed by atoms with Gasteiger partial charge in [0.2, 0.25) is 0 Å². The number of ether oxygens (including phenoxy) is 1. The zero-order valence-corrected chi connectivity index (χ0v) is 15.0. The lowest BCUT2D eigenvalue weighted by Gasteiger charge is -2.19. The number of aryl methyl sites for hydroxylation is 1. The van der Waals surface area contributed by atoms with Crippen LogP contribution >= 0.6 is 11.8 Å². The summed E-state index contributed by atoms with van der Waals surface area (Å²) in [5, 5.41) is 2.93. The number of nitrogens with zero attached hydrogens (tertiary/aromatic N) is 2. The van der Waals surface area contributed by atoms with E-state index in [9.17, 15) is 0 Å². The summed E-state index contributed by atoms with van der Waals surface area (Å²) < 4.78 is 7.48. The molecule has 0 atom stereocenters. The van der Waals surface area contributed by atoms with Gasteiger partial charge in [-0.3, -0.25) is 10.9 Å². The minimum Gasteiger partial charge on any atom is -0.383 e. The lowest BCUT2D eigenvalue weighted by atomic mass is 10.2. The Balaban J connectivity index is 1.77. The molecule has 0 radical (unpaired) electrons. The molecular formula is C18H22N4OS. The van der Waals surface area contributed by atoms with Gasteiger partial charge in [-0.2, -0.15) is 0 Å². The van der Waals surface area contributed by atoms with E-state index >= 15 is 0 Å². The first-order chi connectivity index (χ1) is 11.7. The largest absolute Gasteiger partial charge is 0.383 e. The molecule has 126 valence electrons. The SMILES string of the molecule is COCCn1c(C)cc(C2=CSC(=Nc3ccccc3)NN2)c1C. The highest BCUT2D eigenvalue weighted by Gasteiger charge is 2.16. The molecule has 0 aliphatic carbocycles. The maximum absolute atomic E-state index is 5.20. The van der Waals surface area contributed by atoms with Crippen molar-refractivity contribution in [3.8, 4) is 0 Å². The summed E-state index contributed by atoms with van der Waals surface area (Å²) in [6.07, 6.45) is 0. The van der Waals surface area contributed by atoms with Crippen LogP contribution in [0.25, 0.3) is 5.70 Å². The first kappa shape index (κ1) is 16.7. The fourth-order valence-electron chi connectivity index (χ4n) is 2.70. The number of methoxy groups -OCH3 is 1. The maximum Gasteiger partial charge on any atom is 0.184 e. The Labute approximate surface area is 146 Å². The Morgan fingerprint density at radius 2 is 1.96 bits per heavy atom. The molecule has 24 heavy (non-hydrogen) atoms. The van der Waals surface area contributed by atoms with Crippen molar-refractivity contribution in [3.63, 3.8) is 0 Å². The molecule has 2 heterocycles. The molecule has 2 N–H and O–H groups in total. The number of nitrogens with one attached hydrogen (secondary N) is 2. The molecule has 3 rings (SSSR count). The molecular weight excluding hydrogens is 320 g/mol. The van der Waals surface area contributed by atoms with Gasteiger partial charge in [-0.25, -0.2) is 4.99 Å². The van der Waals surface area contributed by atoms with Gasteiger partial charge in [0.1, 0.15) is 0 Å². The topological polar surface area (TPSA) is 50.6 Å². The standard InChI is InChI=1S/C18H22N4OS/c1-13-11-16(14(2)22(13)9-10-23-3)17-12-24-18(21-20-17)19-15-7-5-4-6-8-15/h4-8,11-12,20H,9-10H2,1-3H3,(H,19,21). The lowest BCUT2D eigenvalue weighted by Crippen LogP contribution is -2.36. The van der Waals surface area contributed by atoms with Crippen LogP contribution in [0.4, 0.5) is 5.69 Å². The number of aliphatic imine (C=N–C) groups is 1. The van der Waals surface area contributed by atoms with Crippen LogP contribution in [0, 0.1) is 13.8 Å². The number of benzene rings is 1. The molecule has 6 heteroatoms. The first-order valence-electron chi connectivity index (χ1n) is 7.87. The first-order valence-corrected chi connectivity index (χ1v) is 8.75. The normalized spacial score (nSPS) is 15.8. The molecule has 0 spiro atoms. The number of amidine groups is 1. The van der Waals surface area contributed by atoms with Crippen molar-refractivity contribution in [2.24, 2.45) is 4.99 Å². The number of aromatic nitrogens is 1. The van der Waals surface area contributed by atoms with Crippen molar-refractivity contribution in [3.05, 3.63) is 58.8 Å². The second-order valence-electron chi connectivity index (χ2n) is 5.58. The van der Waals surface area contributed by atoms with Crippen molar-refractivity contribution in [2.45, 2.75) is 20.4 Å². The molecule has 5 nitrogen and oxygen atoms in total. The van der Waals surface area contributed by atoms with Gasteiger partial charge in [0.05, 0.1) is 18.0 Å². The van der Waals surface area contributed by atoms with Gasteiger partial charge in [-0.1, -0.05) is 30.0 Å². The van der Waals surface area contributed by atoms with Gasteiger partial charge in [-0.15, -0.1) is 0 Å². The van der Waals surface area contributed by atoms with E-state index in [2.05, 4.69) is 45.7 Å². The Morgan fingerprint density at radius 1 is 1.17 bits per heavy atom. The monoisotopic (exact) mass is 342 g/mol. The summed E-state index contributed by atoms with van der Waals surface area (Å²) >= 11 is 1.58. The van der Waals surface area contributed by atoms with Gasteiger partial charge >= 0.3 is 0 Å². The average Bonchev–Trinajstić information content (AvgIpc) is 2.89. The minimum absolute atomic E-state index is 0.711. The Morgan fingerprint density at radius 3 is 2.62 bits per heavy atom. The highest BCUT2D eigenvalue weighted by atomic mass is 32.2. The fourth-order valence-corrected chi connectivity index (χ4v) is 3.38. The Kier molecular flexibility index (Phi) is 5.27. The number of para-hydroxylation sites is 1. The third-order valence-corrected chi connectivity index (χ3v) is 4.73. The molecule has 0 bridgehead atoms. The molecule has 0 amide bonds. The summed E-state index contributed by atoms with van der Waals surface area (Å²) in [4.78, 5) is 4.57. The fraction of sp³-hybridized carbons (Fsp3) is 0.278. The van der Waals surface area contributed by atoms with E-state index in [1.807, 2.05) is 30.3 Å². The third-order valence-electron chi connectivity index (χ3n) is 3.96. The average molecular weight is 342 g/mol. The highest BCUT2D eigenvalue weighted by molar-refractivity contribution is 8.16. The molecule has 0 saturated heterocycles. The van der Waals surface area contributed by atoms with Crippen molar-refractivity contribution >= 4 is 28.3 Å². The minimum atomic E-state index is 0.711. The van der Waals surface area contributed by atoms with E-state index in [4.69, 9.17) is 4.74 Å². The van der Waals surface area contributed by atoms with Crippen molar-refractivity contribution in [2.75, 3.05) is 13.7 Å². The molecule has 0 fully saturated rings. The summed E-state index contributed by atoms with van der Waals surface area (Å²) in [5.74, 6) is 0. The van der Waals surface area contributed by atoms with Gasteiger partial charge in [0, 0.05) is 36.0 Å².